The lowest BCUT2D eigenvalue weighted by atomic mass is 10.00. The van der Waals surface area contributed by atoms with Crippen LogP contribution in [0.4, 0.5) is 4.79 Å². The van der Waals surface area contributed by atoms with Gasteiger partial charge in [-0.1, -0.05) is 0 Å². The van der Waals surface area contributed by atoms with Crippen molar-refractivity contribution in [2.45, 2.75) is 64.5 Å². The average molecular weight is 429 g/mol. The molecule has 0 spiro atoms. The molecule has 0 aliphatic carbocycles. The highest BCUT2D eigenvalue weighted by molar-refractivity contribution is 7.99. The minimum atomic E-state index is -0.186. The number of nitrogens with one attached hydrogen (secondary N) is 2. The Bertz CT molecular complexity index is 632. The number of aromatic nitrogens is 8. The van der Waals surface area contributed by atoms with Crippen LogP contribution in [-0.2, 0) is 11.1 Å². The fraction of sp³-hybridized carbons (Fsp3) is 0.800. The summed E-state index contributed by atoms with van der Waals surface area (Å²) < 4.78 is 9.12. The second-order valence-electron chi connectivity index (χ2n) is 7.57. The fourth-order valence-electron chi connectivity index (χ4n) is 2.51. The van der Waals surface area contributed by atoms with Crippen molar-refractivity contribution in [1.82, 2.24) is 49.9 Å². The lowest BCUT2D eigenvalue weighted by molar-refractivity contribution is 0.252. The molecular weight excluding hydrogens is 400 g/mol. The first-order valence-electron chi connectivity index (χ1n) is 9.08. The Labute approximate surface area is 173 Å². The van der Waals surface area contributed by atoms with Gasteiger partial charge in [0.2, 0.25) is 0 Å². The Morgan fingerprint density at radius 1 is 0.857 bits per heavy atom. The van der Waals surface area contributed by atoms with Crippen LogP contribution in [0.25, 0.3) is 0 Å². The number of nitrogens with zero attached hydrogens (tertiary/aromatic N) is 8. The first kappa shape index (κ1) is 22.4. The van der Waals surface area contributed by atoms with Crippen LogP contribution in [-0.4, -0.2) is 58.0 Å². The van der Waals surface area contributed by atoms with Gasteiger partial charge in [-0.2, -0.15) is 0 Å². The molecule has 2 amide bonds. The summed E-state index contributed by atoms with van der Waals surface area (Å²) in [6.07, 6.45) is 6.97. The van der Waals surface area contributed by atoms with Gasteiger partial charge in [0.1, 0.15) is 12.7 Å². The summed E-state index contributed by atoms with van der Waals surface area (Å²) in [6, 6.07) is -0.186. The molecule has 156 valence electrons. The molecule has 2 N–H and O–H groups in total. The SMILES string of the molecule is CC(C)(CCCSNC(=O)NSCCCC(C)(C)n1cnnn1)n1cnnn1. The summed E-state index contributed by atoms with van der Waals surface area (Å²) in [5.74, 6) is 1.65. The van der Waals surface area contributed by atoms with E-state index in [1.807, 2.05) is 0 Å². The van der Waals surface area contributed by atoms with Crippen molar-refractivity contribution in [3.05, 3.63) is 12.7 Å². The smallest absolute Gasteiger partial charge is 0.281 e. The molecule has 2 aromatic heterocycles. The van der Waals surface area contributed by atoms with Crippen molar-refractivity contribution in [3.8, 4) is 0 Å². The summed E-state index contributed by atoms with van der Waals surface area (Å²) in [6.45, 7) is 8.36. The van der Waals surface area contributed by atoms with Gasteiger partial charge in [-0.3, -0.25) is 9.44 Å². The van der Waals surface area contributed by atoms with Gasteiger partial charge in [0.15, 0.2) is 0 Å². The molecule has 28 heavy (non-hydrogen) atoms. The number of amides is 2. The minimum absolute atomic E-state index is 0.141. The van der Waals surface area contributed by atoms with E-state index in [0.29, 0.717) is 0 Å². The van der Waals surface area contributed by atoms with E-state index in [4.69, 9.17) is 0 Å². The number of hydrogen-bond acceptors (Lipinski definition) is 9. The summed E-state index contributed by atoms with van der Waals surface area (Å²) >= 11 is 2.81. The first-order valence-corrected chi connectivity index (χ1v) is 11.0. The topological polar surface area (TPSA) is 128 Å². The van der Waals surface area contributed by atoms with E-state index >= 15 is 0 Å². The zero-order valence-electron chi connectivity index (χ0n) is 16.7. The highest BCUT2D eigenvalue weighted by Crippen LogP contribution is 2.21. The van der Waals surface area contributed by atoms with Crippen LogP contribution >= 0.6 is 23.9 Å². The van der Waals surface area contributed by atoms with Gasteiger partial charge in [0.25, 0.3) is 0 Å². The number of urea groups is 1. The van der Waals surface area contributed by atoms with Crippen molar-refractivity contribution < 1.29 is 4.79 Å². The van der Waals surface area contributed by atoms with Crippen molar-refractivity contribution >= 4 is 29.9 Å². The lowest BCUT2D eigenvalue weighted by Crippen LogP contribution is -2.29. The molecule has 0 unspecified atom stereocenters. The molecule has 2 heterocycles. The van der Waals surface area contributed by atoms with Crippen LogP contribution in [0.5, 0.6) is 0 Å². The molecule has 0 bridgehead atoms. The molecule has 0 atom stereocenters. The number of hydrogen-bond donors (Lipinski definition) is 2. The Hall–Kier alpha value is -1.89. The van der Waals surface area contributed by atoms with E-state index in [2.05, 4.69) is 68.2 Å². The number of carbonyl (C=O) groups is 1. The van der Waals surface area contributed by atoms with E-state index in [-0.39, 0.29) is 17.1 Å². The maximum Gasteiger partial charge on any atom is 0.334 e. The van der Waals surface area contributed by atoms with E-state index in [0.717, 1.165) is 37.2 Å². The molecule has 0 fully saturated rings. The predicted octanol–water partition coefficient (Wildman–Crippen LogP) is 1.99. The Morgan fingerprint density at radius 3 is 1.64 bits per heavy atom. The highest BCUT2D eigenvalue weighted by atomic mass is 32.2. The van der Waals surface area contributed by atoms with E-state index in [9.17, 15) is 4.79 Å². The molecule has 0 aliphatic rings. The fourth-order valence-corrected chi connectivity index (χ4v) is 3.72. The summed E-state index contributed by atoms with van der Waals surface area (Å²) in [5.41, 5.74) is -0.281. The van der Waals surface area contributed by atoms with Crippen molar-refractivity contribution in [3.63, 3.8) is 0 Å². The van der Waals surface area contributed by atoms with Crippen LogP contribution < -0.4 is 9.44 Å². The van der Waals surface area contributed by atoms with Gasteiger partial charge in [-0.05, 0) is 98.1 Å². The number of rotatable bonds is 12. The summed E-state index contributed by atoms with van der Waals surface area (Å²) in [5, 5.41) is 22.6. The standard InChI is InChI=1S/C15H28N10OS2/c1-14(2,24-11-16-20-22-24)7-5-9-27-18-13(26)19-28-10-6-8-15(3,4)25-12-17-21-23-25/h11-12H,5-10H2,1-4H3,(H2,18,19,26). The Balaban J connectivity index is 1.49. The van der Waals surface area contributed by atoms with E-state index < -0.39 is 0 Å². The molecule has 2 rings (SSSR count). The summed E-state index contributed by atoms with van der Waals surface area (Å²) in [4.78, 5) is 11.8. The van der Waals surface area contributed by atoms with Gasteiger partial charge in [0.05, 0.1) is 11.1 Å². The second kappa shape index (κ2) is 10.6. The van der Waals surface area contributed by atoms with Crippen LogP contribution in [0, 0.1) is 0 Å². The van der Waals surface area contributed by atoms with Crippen molar-refractivity contribution in [1.29, 1.82) is 0 Å². The monoisotopic (exact) mass is 428 g/mol. The van der Waals surface area contributed by atoms with Crippen molar-refractivity contribution in [2.75, 3.05) is 11.5 Å². The summed E-state index contributed by atoms with van der Waals surface area (Å²) in [7, 11) is 0. The van der Waals surface area contributed by atoms with Gasteiger partial charge in [-0.15, -0.1) is 10.2 Å². The molecule has 13 heteroatoms. The second-order valence-corrected chi connectivity index (χ2v) is 9.37. The predicted molar refractivity (Wildman–Crippen MR) is 109 cm³/mol. The molecular formula is C15H28N10OS2. The third kappa shape index (κ3) is 7.26. The number of carbonyl (C=O) groups excluding carboxylic acids is 1. The molecule has 0 aliphatic heterocycles. The molecule has 11 nitrogen and oxygen atoms in total. The number of tetrazole rings is 2. The Morgan fingerprint density at radius 2 is 1.29 bits per heavy atom. The molecule has 0 aromatic carbocycles. The third-order valence-electron chi connectivity index (χ3n) is 4.34. The molecule has 0 saturated heterocycles. The maximum atomic E-state index is 11.8. The quantitative estimate of drug-likeness (QED) is 0.385. The van der Waals surface area contributed by atoms with Crippen LogP contribution in [0.15, 0.2) is 12.7 Å². The lowest BCUT2D eigenvalue weighted by Gasteiger charge is -2.23. The van der Waals surface area contributed by atoms with E-state index in [1.165, 1.54) is 23.9 Å². The normalized spacial score (nSPS) is 12.1. The Kier molecular flexibility index (Phi) is 8.48. The maximum absolute atomic E-state index is 11.8. The molecule has 2 aromatic rings. The van der Waals surface area contributed by atoms with Gasteiger partial charge < -0.3 is 0 Å². The first-order chi connectivity index (χ1) is 13.3. The van der Waals surface area contributed by atoms with Crippen LogP contribution in [0.2, 0.25) is 0 Å². The minimum Gasteiger partial charge on any atom is -0.281 e. The van der Waals surface area contributed by atoms with E-state index in [1.54, 1.807) is 22.0 Å². The molecule has 0 saturated carbocycles. The third-order valence-corrected chi connectivity index (χ3v) is 5.98. The molecule has 0 radical (unpaired) electrons. The average Bonchev–Trinajstić information content (AvgIpc) is 3.35. The van der Waals surface area contributed by atoms with Gasteiger partial charge in [-0.25, -0.2) is 14.2 Å². The van der Waals surface area contributed by atoms with Crippen LogP contribution in [0.1, 0.15) is 53.4 Å². The zero-order chi connectivity index (χ0) is 20.5. The van der Waals surface area contributed by atoms with Gasteiger partial charge in [0, 0.05) is 11.5 Å². The van der Waals surface area contributed by atoms with Gasteiger partial charge >= 0.3 is 6.03 Å². The van der Waals surface area contributed by atoms with Crippen LogP contribution in [0.3, 0.4) is 0 Å². The largest absolute Gasteiger partial charge is 0.334 e. The highest BCUT2D eigenvalue weighted by Gasteiger charge is 2.21. The zero-order valence-corrected chi connectivity index (χ0v) is 18.3. The van der Waals surface area contributed by atoms with Crippen molar-refractivity contribution in [2.24, 2.45) is 0 Å².